The molecule has 48 valence electrons. The molecule has 0 amide bonds. The number of rotatable bonds is 0. The predicted molar refractivity (Wildman–Crippen MR) is 30.4 cm³/mol. The molecule has 8 heavy (non-hydrogen) atoms. The average Bonchev–Trinajstić information content (AvgIpc) is 1.64. The molecule has 0 bridgehead atoms. The van der Waals surface area contributed by atoms with E-state index in [1.165, 1.54) is 0 Å². The average molecular weight is 118 g/mol. The van der Waals surface area contributed by atoms with Crippen molar-refractivity contribution in [3.8, 4) is 0 Å². The molecule has 1 saturated heterocycles. The maximum Gasteiger partial charge on any atom is 0.163 e. The van der Waals surface area contributed by atoms with Crippen LogP contribution in [0.15, 0.2) is 0 Å². The zero-order valence-corrected chi connectivity index (χ0v) is 4.95. The number of alkyl halides is 1. The summed E-state index contributed by atoms with van der Waals surface area (Å²) in [7, 11) is 0. The number of halogens is 1. The molecule has 2 N–H and O–H groups in total. The van der Waals surface area contributed by atoms with Gasteiger partial charge in [0, 0.05) is 19.1 Å². The lowest BCUT2D eigenvalue weighted by molar-refractivity contribution is 0.207. The van der Waals surface area contributed by atoms with E-state index in [0.717, 1.165) is 6.54 Å². The van der Waals surface area contributed by atoms with E-state index in [4.69, 9.17) is 0 Å². The van der Waals surface area contributed by atoms with Gasteiger partial charge in [-0.05, 0) is 6.92 Å². The Morgan fingerprint density at radius 3 is 2.62 bits per heavy atom. The fourth-order valence-corrected chi connectivity index (χ4v) is 0.853. The van der Waals surface area contributed by atoms with Gasteiger partial charge in [0.1, 0.15) is 0 Å². The van der Waals surface area contributed by atoms with Crippen molar-refractivity contribution in [2.45, 2.75) is 19.3 Å². The van der Waals surface area contributed by atoms with Gasteiger partial charge in [0.2, 0.25) is 0 Å². The van der Waals surface area contributed by atoms with Crippen molar-refractivity contribution in [2.75, 3.05) is 13.1 Å². The Labute approximate surface area is 48.5 Å². The van der Waals surface area contributed by atoms with E-state index in [2.05, 4.69) is 10.6 Å². The summed E-state index contributed by atoms with van der Waals surface area (Å²) < 4.78 is 12.3. The Balaban J connectivity index is 2.23. The fraction of sp³-hybridized carbons (Fsp3) is 1.00. The van der Waals surface area contributed by atoms with Crippen molar-refractivity contribution in [1.29, 1.82) is 0 Å². The second-order valence-corrected chi connectivity index (χ2v) is 2.19. The van der Waals surface area contributed by atoms with E-state index in [-0.39, 0.29) is 6.04 Å². The van der Waals surface area contributed by atoms with Crippen LogP contribution in [0.3, 0.4) is 0 Å². The normalized spacial score (nSPS) is 39.8. The van der Waals surface area contributed by atoms with E-state index in [9.17, 15) is 4.39 Å². The molecule has 2 nitrogen and oxygen atoms in total. The van der Waals surface area contributed by atoms with Crippen molar-refractivity contribution in [3.05, 3.63) is 0 Å². The lowest BCUT2D eigenvalue weighted by Crippen LogP contribution is -2.51. The minimum absolute atomic E-state index is 0.277. The topological polar surface area (TPSA) is 24.1 Å². The van der Waals surface area contributed by atoms with Crippen LogP contribution in [0.25, 0.3) is 0 Å². The third kappa shape index (κ3) is 1.42. The molecule has 0 aliphatic carbocycles. The second kappa shape index (κ2) is 2.42. The summed E-state index contributed by atoms with van der Waals surface area (Å²) in [5, 5.41) is 5.70. The minimum atomic E-state index is -0.848. The highest BCUT2D eigenvalue weighted by molar-refractivity contribution is 4.73. The maximum absolute atomic E-state index is 12.3. The summed E-state index contributed by atoms with van der Waals surface area (Å²) in [6, 6.07) is 0.277. The van der Waals surface area contributed by atoms with E-state index in [1.807, 2.05) is 6.92 Å². The summed E-state index contributed by atoms with van der Waals surface area (Å²) >= 11 is 0. The van der Waals surface area contributed by atoms with Crippen LogP contribution in [0.2, 0.25) is 0 Å². The van der Waals surface area contributed by atoms with E-state index in [0.29, 0.717) is 6.54 Å². The Bertz CT molecular complexity index is 68.8. The van der Waals surface area contributed by atoms with Gasteiger partial charge in [0.05, 0.1) is 0 Å². The first-order valence-electron chi connectivity index (χ1n) is 2.90. The number of nitrogens with one attached hydrogen (secondary N) is 2. The van der Waals surface area contributed by atoms with Gasteiger partial charge in [-0.25, -0.2) is 4.39 Å². The van der Waals surface area contributed by atoms with Gasteiger partial charge in [0.25, 0.3) is 0 Å². The van der Waals surface area contributed by atoms with Crippen LogP contribution in [0, 0.1) is 0 Å². The summed E-state index contributed by atoms with van der Waals surface area (Å²) in [5.74, 6) is 0. The summed E-state index contributed by atoms with van der Waals surface area (Å²) in [4.78, 5) is 0. The quantitative estimate of drug-likeness (QED) is 0.433. The molecule has 2 atom stereocenters. The molecule has 3 heteroatoms. The molecule has 1 fully saturated rings. The van der Waals surface area contributed by atoms with Crippen LogP contribution in [0.4, 0.5) is 4.39 Å². The molecule has 0 aromatic rings. The summed E-state index contributed by atoms with van der Waals surface area (Å²) in [6.07, 6.45) is -0.848. The van der Waals surface area contributed by atoms with Crippen molar-refractivity contribution in [2.24, 2.45) is 0 Å². The molecule has 0 aromatic carbocycles. The van der Waals surface area contributed by atoms with Crippen molar-refractivity contribution >= 4 is 0 Å². The molecule has 2 unspecified atom stereocenters. The van der Waals surface area contributed by atoms with Gasteiger partial charge in [0.15, 0.2) is 6.30 Å². The van der Waals surface area contributed by atoms with E-state index in [1.54, 1.807) is 0 Å². The van der Waals surface area contributed by atoms with Gasteiger partial charge in [-0.2, -0.15) is 0 Å². The van der Waals surface area contributed by atoms with Gasteiger partial charge < -0.3 is 5.32 Å². The fourth-order valence-electron chi connectivity index (χ4n) is 0.853. The van der Waals surface area contributed by atoms with Gasteiger partial charge in [-0.15, -0.1) is 0 Å². The molecule has 0 spiro atoms. The highest BCUT2D eigenvalue weighted by Gasteiger charge is 2.14. The second-order valence-electron chi connectivity index (χ2n) is 2.19. The number of hydrogen-bond acceptors (Lipinski definition) is 2. The molecule has 1 heterocycles. The molecular weight excluding hydrogens is 107 g/mol. The highest BCUT2D eigenvalue weighted by atomic mass is 19.1. The van der Waals surface area contributed by atoms with Crippen molar-refractivity contribution in [3.63, 3.8) is 0 Å². The summed E-state index contributed by atoms with van der Waals surface area (Å²) in [5.41, 5.74) is 0. The van der Waals surface area contributed by atoms with Gasteiger partial charge in [-0.1, -0.05) is 0 Å². The molecule has 1 rings (SSSR count). The van der Waals surface area contributed by atoms with E-state index >= 15 is 0 Å². The van der Waals surface area contributed by atoms with E-state index < -0.39 is 6.30 Å². The highest BCUT2D eigenvalue weighted by Crippen LogP contribution is 1.92. The van der Waals surface area contributed by atoms with Gasteiger partial charge in [-0.3, -0.25) is 5.32 Å². The minimum Gasteiger partial charge on any atom is -0.311 e. The van der Waals surface area contributed by atoms with Crippen LogP contribution in [-0.4, -0.2) is 25.4 Å². The number of piperazine rings is 1. The molecule has 0 saturated carbocycles. The third-order valence-electron chi connectivity index (χ3n) is 1.24. The smallest absolute Gasteiger partial charge is 0.163 e. The molecule has 0 aromatic heterocycles. The van der Waals surface area contributed by atoms with Crippen molar-refractivity contribution in [1.82, 2.24) is 10.6 Å². The van der Waals surface area contributed by atoms with Crippen LogP contribution < -0.4 is 10.6 Å². The van der Waals surface area contributed by atoms with Crippen LogP contribution in [0.5, 0.6) is 0 Å². The molecule has 1 aliphatic heterocycles. The lowest BCUT2D eigenvalue weighted by Gasteiger charge is -2.23. The summed E-state index contributed by atoms with van der Waals surface area (Å²) in [6.45, 7) is 3.28. The van der Waals surface area contributed by atoms with Crippen LogP contribution in [0.1, 0.15) is 6.92 Å². The Morgan fingerprint density at radius 1 is 1.50 bits per heavy atom. The Morgan fingerprint density at radius 2 is 2.25 bits per heavy atom. The largest absolute Gasteiger partial charge is 0.311 e. The zero-order chi connectivity index (χ0) is 5.98. The predicted octanol–water partition coefficient (Wildman–Crippen LogP) is -0.137. The standard InChI is InChI=1S/C5H11FN2/c1-4-2-7-3-5(6)8-4/h4-5,7-8H,2-3H2,1H3. The van der Waals surface area contributed by atoms with Crippen LogP contribution in [-0.2, 0) is 0 Å². The first kappa shape index (κ1) is 5.98. The monoisotopic (exact) mass is 118 g/mol. The Hall–Kier alpha value is -0.150. The third-order valence-corrected chi connectivity index (χ3v) is 1.24. The first-order valence-corrected chi connectivity index (χ1v) is 2.90. The lowest BCUT2D eigenvalue weighted by atomic mass is 10.3. The number of hydrogen-bond donors (Lipinski definition) is 2. The first-order chi connectivity index (χ1) is 3.79. The molecule has 1 aliphatic rings. The van der Waals surface area contributed by atoms with Crippen LogP contribution >= 0.6 is 0 Å². The van der Waals surface area contributed by atoms with Gasteiger partial charge >= 0.3 is 0 Å². The zero-order valence-electron chi connectivity index (χ0n) is 4.95. The van der Waals surface area contributed by atoms with Crippen molar-refractivity contribution < 1.29 is 4.39 Å². The Kier molecular flexibility index (Phi) is 1.81. The maximum atomic E-state index is 12.3. The SMILES string of the molecule is CC1CNCC(F)N1. The molecule has 0 radical (unpaired) electrons. The molecular formula is C5H11FN2.